The standard InChI is InChI=1S/C12H12ClN5O4S.Na/c1-7-14-10(17-12(15-7)22-2)16-11(19)18-23(20,21)9-6-4-3-5-8(9)13;/h3-6H,1-2H3,(H2,14,15,16,17,18,19);. The number of benzene rings is 1. The number of rotatable bonds is 4. The van der Waals surface area contributed by atoms with E-state index in [0.29, 0.717) is 5.82 Å². The van der Waals surface area contributed by atoms with Gasteiger partial charge in [-0.2, -0.15) is 15.0 Å². The maximum atomic E-state index is 12.1. The summed E-state index contributed by atoms with van der Waals surface area (Å²) in [6.45, 7) is 1.56. The summed E-state index contributed by atoms with van der Waals surface area (Å²) in [7, 11) is -2.78. The summed E-state index contributed by atoms with van der Waals surface area (Å²) in [6.07, 6.45) is 0. The number of amides is 2. The van der Waals surface area contributed by atoms with Gasteiger partial charge in [0.15, 0.2) is 0 Å². The Balaban J connectivity index is 0.00000288. The van der Waals surface area contributed by atoms with Crippen molar-refractivity contribution in [2.75, 3.05) is 12.4 Å². The molecule has 0 saturated heterocycles. The van der Waals surface area contributed by atoms with Crippen molar-refractivity contribution in [1.82, 2.24) is 19.7 Å². The molecule has 0 aliphatic rings. The van der Waals surface area contributed by atoms with Gasteiger partial charge in [-0.15, -0.1) is 0 Å². The summed E-state index contributed by atoms with van der Waals surface area (Å²) in [4.78, 5) is 23.1. The van der Waals surface area contributed by atoms with Crippen LogP contribution in [0.2, 0.25) is 5.02 Å². The molecule has 2 aromatic rings. The molecule has 2 N–H and O–H groups in total. The Morgan fingerprint density at radius 3 is 2.50 bits per heavy atom. The molecule has 0 bridgehead atoms. The maximum Gasteiger partial charge on any atom is 0.335 e. The van der Waals surface area contributed by atoms with Crippen LogP contribution >= 0.6 is 11.6 Å². The third-order valence-corrected chi connectivity index (χ3v) is 4.32. The molecule has 0 aliphatic heterocycles. The van der Waals surface area contributed by atoms with Crippen molar-refractivity contribution in [2.45, 2.75) is 11.8 Å². The zero-order valence-corrected chi connectivity index (χ0v) is 16.6. The molecule has 1 radical (unpaired) electrons. The van der Waals surface area contributed by atoms with E-state index in [0.717, 1.165) is 0 Å². The van der Waals surface area contributed by atoms with Gasteiger partial charge in [-0.3, -0.25) is 5.32 Å². The van der Waals surface area contributed by atoms with Gasteiger partial charge in [-0.1, -0.05) is 23.7 Å². The fraction of sp³-hybridized carbons (Fsp3) is 0.167. The molecule has 0 atom stereocenters. The van der Waals surface area contributed by atoms with E-state index in [-0.39, 0.29) is 51.4 Å². The van der Waals surface area contributed by atoms with Crippen molar-refractivity contribution < 1.29 is 17.9 Å². The van der Waals surface area contributed by atoms with Crippen molar-refractivity contribution in [3.05, 3.63) is 35.1 Å². The molecule has 0 fully saturated rings. The first-order chi connectivity index (χ1) is 10.8. The van der Waals surface area contributed by atoms with Gasteiger partial charge >= 0.3 is 12.0 Å². The van der Waals surface area contributed by atoms with Gasteiger partial charge in [-0.25, -0.2) is 17.9 Å². The van der Waals surface area contributed by atoms with Crippen LogP contribution in [0.4, 0.5) is 10.7 Å². The van der Waals surface area contributed by atoms with Crippen LogP contribution in [-0.4, -0.2) is 66.1 Å². The Morgan fingerprint density at radius 1 is 1.21 bits per heavy atom. The second-order valence-corrected chi connectivity index (χ2v) is 6.24. The molecule has 2 amide bonds. The van der Waals surface area contributed by atoms with E-state index in [1.807, 2.05) is 4.72 Å². The van der Waals surface area contributed by atoms with E-state index in [9.17, 15) is 13.2 Å². The minimum absolute atomic E-state index is 0. The molecule has 0 saturated carbocycles. The van der Waals surface area contributed by atoms with Crippen LogP contribution in [0.15, 0.2) is 29.2 Å². The second-order valence-electron chi connectivity index (χ2n) is 4.18. The molecule has 12 heteroatoms. The number of halogens is 1. The van der Waals surface area contributed by atoms with Crippen molar-refractivity contribution in [3.63, 3.8) is 0 Å². The van der Waals surface area contributed by atoms with E-state index in [1.54, 1.807) is 13.0 Å². The third-order valence-electron chi connectivity index (χ3n) is 2.49. The summed E-state index contributed by atoms with van der Waals surface area (Å²) in [5, 5.41) is 2.18. The van der Waals surface area contributed by atoms with E-state index in [1.165, 1.54) is 25.3 Å². The summed E-state index contributed by atoms with van der Waals surface area (Å²) < 4.78 is 30.9. The number of nitrogens with zero attached hydrogens (tertiary/aromatic N) is 3. The van der Waals surface area contributed by atoms with Crippen LogP contribution in [0.5, 0.6) is 6.01 Å². The number of carbonyl (C=O) groups excluding carboxylic acids is 1. The molecule has 1 heterocycles. The topological polar surface area (TPSA) is 123 Å². The molecule has 0 unspecified atom stereocenters. The number of nitrogens with one attached hydrogen (secondary N) is 2. The molecule has 24 heavy (non-hydrogen) atoms. The normalized spacial score (nSPS) is 10.5. The number of aryl methyl sites for hydroxylation is 1. The number of sulfonamides is 1. The average molecular weight is 381 g/mol. The van der Waals surface area contributed by atoms with Crippen LogP contribution in [0.1, 0.15) is 5.82 Å². The van der Waals surface area contributed by atoms with Crippen molar-refractivity contribution >= 4 is 63.2 Å². The first-order valence-electron chi connectivity index (χ1n) is 6.17. The smallest absolute Gasteiger partial charge is 0.335 e. The zero-order valence-electron chi connectivity index (χ0n) is 13.1. The Bertz CT molecular complexity index is 849. The maximum absolute atomic E-state index is 12.1. The monoisotopic (exact) mass is 380 g/mol. The first-order valence-corrected chi connectivity index (χ1v) is 8.03. The number of hydrogen-bond acceptors (Lipinski definition) is 7. The van der Waals surface area contributed by atoms with E-state index in [4.69, 9.17) is 16.3 Å². The largest absolute Gasteiger partial charge is 0.467 e. The second kappa shape index (κ2) is 8.58. The Labute approximate surface area is 165 Å². The summed E-state index contributed by atoms with van der Waals surface area (Å²) in [5.41, 5.74) is 0. The molecular weight excluding hydrogens is 369 g/mol. The first kappa shape index (κ1) is 20.6. The number of aromatic nitrogens is 3. The van der Waals surface area contributed by atoms with Gasteiger partial charge in [0.1, 0.15) is 10.7 Å². The SMILES string of the molecule is COc1nc(C)nc(NC(=O)NS(=O)(=O)c2ccccc2Cl)n1.[Na]. The van der Waals surface area contributed by atoms with Gasteiger partial charge in [0.2, 0.25) is 5.95 Å². The molecule has 9 nitrogen and oxygen atoms in total. The summed E-state index contributed by atoms with van der Waals surface area (Å²) >= 11 is 5.81. The molecule has 0 spiro atoms. The van der Waals surface area contributed by atoms with E-state index >= 15 is 0 Å². The minimum atomic E-state index is -4.13. The van der Waals surface area contributed by atoms with Gasteiger partial charge < -0.3 is 4.74 Å². The predicted molar refractivity (Wildman–Crippen MR) is 87.7 cm³/mol. The molecule has 0 aliphatic carbocycles. The van der Waals surface area contributed by atoms with Crippen molar-refractivity contribution in [1.29, 1.82) is 0 Å². The summed E-state index contributed by atoms with van der Waals surface area (Å²) in [5.74, 6) is 0.141. The third kappa shape index (κ3) is 5.28. The Morgan fingerprint density at radius 2 is 1.88 bits per heavy atom. The molecule has 1 aromatic heterocycles. The van der Waals surface area contributed by atoms with Gasteiger partial charge in [-0.05, 0) is 19.1 Å². The van der Waals surface area contributed by atoms with Gasteiger partial charge in [0.25, 0.3) is 10.0 Å². The van der Waals surface area contributed by atoms with Crippen molar-refractivity contribution in [2.24, 2.45) is 0 Å². The minimum Gasteiger partial charge on any atom is -0.467 e. The van der Waals surface area contributed by atoms with Crippen LogP contribution in [0.3, 0.4) is 0 Å². The van der Waals surface area contributed by atoms with Crippen LogP contribution in [0, 0.1) is 6.92 Å². The van der Waals surface area contributed by atoms with Gasteiger partial charge in [0.05, 0.1) is 12.1 Å². The van der Waals surface area contributed by atoms with E-state index in [2.05, 4.69) is 20.3 Å². The fourth-order valence-corrected chi connectivity index (χ4v) is 3.00. The number of hydrogen-bond donors (Lipinski definition) is 2. The van der Waals surface area contributed by atoms with E-state index < -0.39 is 16.1 Å². The number of ether oxygens (including phenoxy) is 1. The predicted octanol–water partition coefficient (Wildman–Crippen LogP) is 0.972. The van der Waals surface area contributed by atoms with Gasteiger partial charge in [0, 0.05) is 29.6 Å². The average Bonchev–Trinajstić information content (AvgIpc) is 2.46. The number of urea groups is 1. The van der Waals surface area contributed by atoms with Crippen molar-refractivity contribution in [3.8, 4) is 6.01 Å². The Kier molecular flexibility index (Phi) is 7.36. The molecule has 1 aromatic carbocycles. The quantitative estimate of drug-likeness (QED) is 0.757. The van der Waals surface area contributed by atoms with Crippen LogP contribution in [0.25, 0.3) is 0 Å². The van der Waals surface area contributed by atoms with Crippen LogP contribution < -0.4 is 14.8 Å². The number of methoxy groups -OCH3 is 1. The Hall–Kier alpha value is -1.46. The molecule has 2 rings (SSSR count). The van der Waals surface area contributed by atoms with Crippen LogP contribution in [-0.2, 0) is 10.0 Å². The summed E-state index contributed by atoms with van der Waals surface area (Å²) in [6, 6.07) is 4.67. The molecule has 123 valence electrons. The fourth-order valence-electron chi connectivity index (χ4n) is 1.57. The number of carbonyl (C=O) groups is 1. The number of anilines is 1. The zero-order chi connectivity index (χ0) is 17.0. The molecular formula is C12H12ClN5NaO4S.